The Hall–Kier alpha value is -0.940. The van der Waals surface area contributed by atoms with Crippen molar-refractivity contribution >= 4 is 0 Å². The first kappa shape index (κ1) is 11.2. The van der Waals surface area contributed by atoms with Crippen LogP contribution < -0.4 is 5.73 Å². The van der Waals surface area contributed by atoms with Gasteiger partial charge in [-0.2, -0.15) is 4.98 Å². The van der Waals surface area contributed by atoms with Crippen LogP contribution in [0.3, 0.4) is 0 Å². The van der Waals surface area contributed by atoms with Crippen molar-refractivity contribution in [1.82, 2.24) is 10.1 Å². The van der Waals surface area contributed by atoms with E-state index in [2.05, 4.69) is 10.1 Å². The van der Waals surface area contributed by atoms with Crippen molar-refractivity contribution in [2.24, 2.45) is 5.73 Å². The number of aromatic nitrogens is 2. The van der Waals surface area contributed by atoms with Gasteiger partial charge in [0.05, 0.1) is 6.10 Å². The van der Waals surface area contributed by atoms with Gasteiger partial charge in [-0.25, -0.2) is 0 Å². The lowest BCUT2D eigenvalue weighted by atomic mass is 9.75. The van der Waals surface area contributed by atoms with E-state index in [9.17, 15) is 0 Å². The van der Waals surface area contributed by atoms with Gasteiger partial charge < -0.3 is 15.0 Å². The molecular weight excluding hydrogens is 218 g/mol. The summed E-state index contributed by atoms with van der Waals surface area (Å²) in [5, 5.41) is 4.00. The molecule has 0 radical (unpaired) electrons. The zero-order valence-corrected chi connectivity index (χ0v) is 10.0. The average Bonchev–Trinajstić information content (AvgIpc) is 2.89. The van der Waals surface area contributed by atoms with Crippen LogP contribution in [-0.2, 0) is 17.6 Å². The lowest BCUT2D eigenvalue weighted by Gasteiger charge is -2.36. The van der Waals surface area contributed by atoms with Crippen LogP contribution in [0.4, 0.5) is 0 Å². The van der Waals surface area contributed by atoms with E-state index in [1.165, 1.54) is 6.42 Å². The SMILES string of the molecule is NC1(Cc2nc(CC3CCCO3)no2)CCC1. The Morgan fingerprint density at radius 3 is 2.88 bits per heavy atom. The predicted octanol–water partition coefficient (Wildman–Crippen LogP) is 1.21. The minimum atomic E-state index is -0.0896. The minimum absolute atomic E-state index is 0.0896. The third-order valence-electron chi connectivity index (χ3n) is 3.80. The molecule has 1 atom stereocenters. The normalized spacial score (nSPS) is 27.0. The number of hydrogen-bond donors (Lipinski definition) is 1. The highest BCUT2D eigenvalue weighted by molar-refractivity contribution is 5.01. The van der Waals surface area contributed by atoms with Crippen LogP contribution in [0.15, 0.2) is 4.52 Å². The maximum atomic E-state index is 6.16. The van der Waals surface area contributed by atoms with Crippen LogP contribution >= 0.6 is 0 Å². The summed E-state index contributed by atoms with van der Waals surface area (Å²) in [6, 6.07) is 0. The van der Waals surface area contributed by atoms with Crippen LogP contribution in [0, 0.1) is 0 Å². The molecule has 2 N–H and O–H groups in total. The molecule has 1 aromatic rings. The molecule has 17 heavy (non-hydrogen) atoms. The maximum Gasteiger partial charge on any atom is 0.228 e. The second-order valence-corrected chi connectivity index (χ2v) is 5.34. The van der Waals surface area contributed by atoms with Gasteiger partial charge >= 0.3 is 0 Å². The Morgan fingerprint density at radius 1 is 1.35 bits per heavy atom. The van der Waals surface area contributed by atoms with Gasteiger partial charge in [0.25, 0.3) is 0 Å². The average molecular weight is 237 g/mol. The standard InChI is InChI=1S/C12H19N3O2/c13-12(4-2-5-12)8-11-14-10(15-17-11)7-9-3-1-6-16-9/h9H,1-8,13H2. The van der Waals surface area contributed by atoms with E-state index < -0.39 is 0 Å². The first-order chi connectivity index (χ1) is 8.23. The van der Waals surface area contributed by atoms with Gasteiger partial charge in [-0.05, 0) is 32.1 Å². The second kappa shape index (κ2) is 4.38. The van der Waals surface area contributed by atoms with Crippen molar-refractivity contribution in [3.8, 4) is 0 Å². The molecule has 3 rings (SSSR count). The highest BCUT2D eigenvalue weighted by atomic mass is 16.5. The third kappa shape index (κ3) is 2.50. The van der Waals surface area contributed by atoms with E-state index in [1.807, 2.05) is 0 Å². The fourth-order valence-electron chi connectivity index (χ4n) is 2.56. The molecule has 1 aliphatic carbocycles. The van der Waals surface area contributed by atoms with Crippen LogP contribution in [0.1, 0.15) is 43.8 Å². The lowest BCUT2D eigenvalue weighted by Crippen LogP contribution is -2.48. The topological polar surface area (TPSA) is 74.2 Å². The number of ether oxygens (including phenoxy) is 1. The Labute approximate surface area is 101 Å². The van der Waals surface area contributed by atoms with Crippen LogP contribution in [0.2, 0.25) is 0 Å². The summed E-state index contributed by atoms with van der Waals surface area (Å²) in [7, 11) is 0. The van der Waals surface area contributed by atoms with Gasteiger partial charge in [-0.3, -0.25) is 0 Å². The summed E-state index contributed by atoms with van der Waals surface area (Å²) >= 11 is 0. The number of rotatable bonds is 4. The molecule has 5 nitrogen and oxygen atoms in total. The van der Waals surface area contributed by atoms with Crippen molar-refractivity contribution in [1.29, 1.82) is 0 Å². The molecular formula is C12H19N3O2. The fourth-order valence-corrected chi connectivity index (χ4v) is 2.56. The molecule has 1 unspecified atom stereocenters. The minimum Gasteiger partial charge on any atom is -0.378 e. The molecule has 0 aromatic carbocycles. The highest BCUT2D eigenvalue weighted by Crippen LogP contribution is 2.31. The smallest absolute Gasteiger partial charge is 0.228 e. The van der Waals surface area contributed by atoms with Gasteiger partial charge in [0.15, 0.2) is 5.82 Å². The first-order valence-electron chi connectivity index (χ1n) is 6.45. The van der Waals surface area contributed by atoms with E-state index in [-0.39, 0.29) is 11.6 Å². The molecule has 1 aliphatic heterocycles. The molecule has 0 bridgehead atoms. The molecule has 94 valence electrons. The molecule has 1 saturated carbocycles. The Morgan fingerprint density at radius 2 is 2.24 bits per heavy atom. The van der Waals surface area contributed by atoms with Crippen LogP contribution in [0.25, 0.3) is 0 Å². The van der Waals surface area contributed by atoms with Gasteiger partial charge in [-0.15, -0.1) is 0 Å². The molecule has 1 saturated heterocycles. The zero-order valence-electron chi connectivity index (χ0n) is 10.0. The van der Waals surface area contributed by atoms with Crippen molar-refractivity contribution in [2.75, 3.05) is 6.61 Å². The summed E-state index contributed by atoms with van der Waals surface area (Å²) in [6.45, 7) is 0.862. The summed E-state index contributed by atoms with van der Waals surface area (Å²) in [5.41, 5.74) is 6.07. The predicted molar refractivity (Wildman–Crippen MR) is 61.4 cm³/mol. The van der Waals surface area contributed by atoms with Crippen molar-refractivity contribution in [3.05, 3.63) is 11.7 Å². The van der Waals surface area contributed by atoms with Crippen molar-refractivity contribution in [3.63, 3.8) is 0 Å². The Bertz CT molecular complexity index is 381. The molecule has 1 aromatic heterocycles. The van der Waals surface area contributed by atoms with Gasteiger partial charge in [0.1, 0.15) is 0 Å². The van der Waals surface area contributed by atoms with Gasteiger partial charge in [-0.1, -0.05) is 5.16 Å². The Kier molecular flexibility index (Phi) is 2.88. The van der Waals surface area contributed by atoms with Crippen LogP contribution in [-0.4, -0.2) is 28.4 Å². The number of nitrogens with zero attached hydrogens (tertiary/aromatic N) is 2. The summed E-state index contributed by atoms with van der Waals surface area (Å²) in [6.07, 6.45) is 7.34. The molecule has 2 aliphatic rings. The molecule has 2 heterocycles. The van der Waals surface area contributed by atoms with Crippen molar-refractivity contribution in [2.45, 2.75) is 56.6 Å². The molecule has 5 heteroatoms. The number of hydrogen-bond acceptors (Lipinski definition) is 5. The van der Waals surface area contributed by atoms with Gasteiger partial charge in [0, 0.05) is 25.0 Å². The molecule has 2 fully saturated rings. The second-order valence-electron chi connectivity index (χ2n) is 5.34. The fraction of sp³-hybridized carbons (Fsp3) is 0.833. The van der Waals surface area contributed by atoms with E-state index in [0.29, 0.717) is 12.3 Å². The lowest BCUT2D eigenvalue weighted by molar-refractivity contribution is 0.109. The largest absolute Gasteiger partial charge is 0.378 e. The van der Waals surface area contributed by atoms with E-state index in [4.69, 9.17) is 15.0 Å². The van der Waals surface area contributed by atoms with E-state index >= 15 is 0 Å². The van der Waals surface area contributed by atoms with Gasteiger partial charge in [0.2, 0.25) is 5.89 Å². The summed E-state index contributed by atoms with van der Waals surface area (Å²) < 4.78 is 10.8. The molecule has 0 amide bonds. The van der Waals surface area contributed by atoms with E-state index in [1.54, 1.807) is 0 Å². The van der Waals surface area contributed by atoms with Crippen LogP contribution in [0.5, 0.6) is 0 Å². The zero-order chi connectivity index (χ0) is 11.7. The quantitative estimate of drug-likeness (QED) is 0.852. The Balaban J connectivity index is 1.57. The van der Waals surface area contributed by atoms with Crippen molar-refractivity contribution < 1.29 is 9.26 Å². The summed E-state index contributed by atoms with van der Waals surface area (Å²) in [5.74, 6) is 1.44. The third-order valence-corrected chi connectivity index (χ3v) is 3.80. The first-order valence-corrected chi connectivity index (χ1v) is 6.45. The van der Waals surface area contributed by atoms with E-state index in [0.717, 1.165) is 44.5 Å². The molecule has 0 spiro atoms. The maximum absolute atomic E-state index is 6.16. The summed E-state index contributed by atoms with van der Waals surface area (Å²) in [4.78, 5) is 4.40. The monoisotopic (exact) mass is 237 g/mol. The number of nitrogens with two attached hydrogens (primary N) is 1. The highest BCUT2D eigenvalue weighted by Gasteiger charge is 2.34.